The zero-order valence-corrected chi connectivity index (χ0v) is 19.4. The largest absolute Gasteiger partial charge is 0.521 e. The summed E-state index contributed by atoms with van der Waals surface area (Å²) in [5.74, 6) is -0.00347. The van der Waals surface area contributed by atoms with Crippen molar-refractivity contribution < 1.29 is 30.0 Å². The summed E-state index contributed by atoms with van der Waals surface area (Å²) in [5, 5.41) is 8.35. The maximum absolute atomic E-state index is 10.2. The smallest absolute Gasteiger partial charge is 0.247 e. The van der Waals surface area contributed by atoms with Crippen LogP contribution in [0.1, 0.15) is 27.0 Å². The van der Waals surface area contributed by atoms with Gasteiger partial charge in [-0.3, -0.25) is 4.98 Å². The van der Waals surface area contributed by atoms with Crippen LogP contribution in [0, 0.1) is 32.9 Å². The molecule has 1 aromatic heterocycles. The van der Waals surface area contributed by atoms with Crippen molar-refractivity contribution in [2.75, 3.05) is 0 Å². The third-order valence-corrected chi connectivity index (χ3v) is 4.41. The predicted molar refractivity (Wildman–Crippen MR) is 114 cm³/mol. The number of rotatable bonds is 3. The van der Waals surface area contributed by atoms with Crippen LogP contribution < -0.4 is 0 Å². The first-order chi connectivity index (χ1) is 14.0. The molecule has 0 unspecified atom stereocenters. The van der Waals surface area contributed by atoms with Crippen molar-refractivity contribution in [2.45, 2.75) is 20.8 Å². The van der Waals surface area contributed by atoms with Crippen LogP contribution in [0.3, 0.4) is 0 Å². The minimum Gasteiger partial charge on any atom is -0.521 e. The van der Waals surface area contributed by atoms with E-state index < -0.39 is 5.97 Å². The van der Waals surface area contributed by atoms with Crippen LogP contribution in [0.2, 0.25) is 0 Å². The standard InChI is InChI=1S/C18H17N2.C7H5O2.Ir/c1-13-11-14(2)17(15(3)12-13)20-10-9-19-18(20)16-7-5-4-6-8-16;8-7(9)6-4-2-1-3-5-6;/h4-7,9-12H,1-3H3;1-4H,(H,8,9);/q2*-1;. The second-order valence-corrected chi connectivity index (χ2v) is 6.73. The number of aryl methyl sites for hydroxylation is 3. The number of benzene rings is 3. The van der Waals surface area contributed by atoms with Gasteiger partial charge in [0.25, 0.3) is 0 Å². The molecule has 0 spiro atoms. The molecule has 0 saturated carbocycles. The van der Waals surface area contributed by atoms with Gasteiger partial charge < -0.3 is 14.5 Å². The molecule has 0 atom stereocenters. The summed E-state index contributed by atoms with van der Waals surface area (Å²) >= 11 is 0. The van der Waals surface area contributed by atoms with Gasteiger partial charge in [-0.15, -0.1) is 66.2 Å². The summed E-state index contributed by atoms with van der Waals surface area (Å²) in [4.78, 5) is 14.7. The van der Waals surface area contributed by atoms with Crippen molar-refractivity contribution in [1.82, 2.24) is 9.55 Å². The van der Waals surface area contributed by atoms with Crippen molar-refractivity contribution in [2.24, 2.45) is 0 Å². The molecule has 1 radical (unpaired) electrons. The van der Waals surface area contributed by atoms with Crippen LogP contribution in [0.4, 0.5) is 0 Å². The van der Waals surface area contributed by atoms with Crippen LogP contribution in [-0.4, -0.2) is 20.6 Å². The first-order valence-electron chi connectivity index (χ1n) is 9.26. The topological polar surface area (TPSA) is 55.1 Å². The molecular formula is C25H22IrN2O2-2. The molecule has 0 aliphatic heterocycles. The number of aromatic carboxylic acids is 1. The van der Waals surface area contributed by atoms with Crippen molar-refractivity contribution >= 4 is 5.97 Å². The minimum atomic E-state index is -0.935. The Kier molecular flexibility index (Phi) is 8.28. The van der Waals surface area contributed by atoms with E-state index >= 15 is 0 Å². The summed E-state index contributed by atoms with van der Waals surface area (Å²) in [5.41, 5.74) is 6.24. The van der Waals surface area contributed by atoms with Gasteiger partial charge in [-0.2, -0.15) is 0 Å². The average Bonchev–Trinajstić information content (AvgIpc) is 3.18. The number of carbonyl (C=O) groups is 1. The van der Waals surface area contributed by atoms with E-state index in [-0.39, 0.29) is 25.7 Å². The fourth-order valence-electron chi connectivity index (χ4n) is 3.29. The van der Waals surface area contributed by atoms with Gasteiger partial charge in [0.15, 0.2) is 0 Å². The van der Waals surface area contributed by atoms with E-state index in [4.69, 9.17) is 5.11 Å². The molecular weight excluding hydrogens is 553 g/mol. The van der Waals surface area contributed by atoms with Crippen molar-refractivity contribution in [3.8, 4) is 17.1 Å². The summed E-state index contributed by atoms with van der Waals surface area (Å²) < 4.78 is 2.15. The Hall–Kier alpha value is -3.01. The Labute approximate surface area is 190 Å². The summed E-state index contributed by atoms with van der Waals surface area (Å²) in [6.45, 7) is 6.42. The van der Waals surface area contributed by atoms with E-state index in [0.29, 0.717) is 0 Å². The molecule has 30 heavy (non-hydrogen) atoms. The molecule has 0 aliphatic rings. The molecule has 5 heteroatoms. The molecule has 4 rings (SSSR count). The zero-order valence-electron chi connectivity index (χ0n) is 17.0. The van der Waals surface area contributed by atoms with Crippen molar-refractivity contribution in [1.29, 1.82) is 0 Å². The van der Waals surface area contributed by atoms with Gasteiger partial charge in [0.05, 0.1) is 5.82 Å². The number of aromatic nitrogens is 2. The fourth-order valence-corrected chi connectivity index (χ4v) is 3.29. The molecule has 0 bridgehead atoms. The maximum Gasteiger partial charge on any atom is 0.247 e. The van der Waals surface area contributed by atoms with E-state index in [1.807, 2.05) is 36.7 Å². The first kappa shape index (κ1) is 23.3. The average molecular weight is 575 g/mol. The Morgan fingerprint density at radius 2 is 1.60 bits per heavy atom. The first-order valence-corrected chi connectivity index (χ1v) is 9.26. The van der Waals surface area contributed by atoms with Gasteiger partial charge in [0, 0.05) is 38.2 Å². The second kappa shape index (κ2) is 10.7. The Bertz CT molecular complexity index is 1080. The molecule has 0 saturated heterocycles. The fraction of sp³-hybridized carbons (Fsp3) is 0.120. The Morgan fingerprint density at radius 3 is 2.10 bits per heavy atom. The minimum absolute atomic E-state index is 0. The SMILES string of the molecule is Cc1cc(C)c(-n2ccnc2-c2[c-]cccc2)c(C)c1.O=C(O)c1[c-]cccc1.[Ir]. The van der Waals surface area contributed by atoms with Crippen molar-refractivity contribution in [3.05, 3.63) is 107 Å². The van der Waals surface area contributed by atoms with Gasteiger partial charge in [-0.1, -0.05) is 23.3 Å². The van der Waals surface area contributed by atoms with Crippen molar-refractivity contribution in [3.63, 3.8) is 0 Å². The summed E-state index contributed by atoms with van der Waals surface area (Å²) in [6.07, 6.45) is 3.86. The molecule has 0 amide bonds. The van der Waals surface area contributed by atoms with Crippen LogP contribution in [0.15, 0.2) is 73.1 Å². The normalized spacial score (nSPS) is 9.83. The van der Waals surface area contributed by atoms with Crippen LogP contribution in [0.25, 0.3) is 17.1 Å². The predicted octanol–water partition coefficient (Wildman–Crippen LogP) is 5.45. The third-order valence-electron chi connectivity index (χ3n) is 4.41. The Morgan fingerprint density at radius 1 is 0.967 bits per heavy atom. The molecule has 1 N–H and O–H groups in total. The molecule has 4 aromatic rings. The van der Waals surface area contributed by atoms with Gasteiger partial charge in [-0.05, 0) is 31.9 Å². The van der Waals surface area contributed by atoms with Crippen LogP contribution in [0.5, 0.6) is 0 Å². The summed E-state index contributed by atoms with van der Waals surface area (Å²) in [6, 6.07) is 24.6. The molecule has 4 nitrogen and oxygen atoms in total. The molecule has 0 aliphatic carbocycles. The maximum atomic E-state index is 10.2. The molecule has 3 aromatic carbocycles. The van der Waals surface area contributed by atoms with E-state index in [9.17, 15) is 4.79 Å². The number of nitrogens with zero attached hydrogens (tertiary/aromatic N) is 2. The van der Waals surface area contributed by atoms with Gasteiger partial charge in [0.1, 0.15) is 0 Å². The third kappa shape index (κ3) is 5.53. The molecule has 0 fully saturated rings. The van der Waals surface area contributed by atoms with E-state index in [1.165, 1.54) is 28.4 Å². The van der Waals surface area contributed by atoms with Crippen LogP contribution >= 0.6 is 0 Å². The van der Waals surface area contributed by atoms with Gasteiger partial charge in [-0.25, -0.2) is 0 Å². The van der Waals surface area contributed by atoms with E-state index in [1.54, 1.807) is 18.2 Å². The number of carboxylic acids is 1. The van der Waals surface area contributed by atoms with Gasteiger partial charge in [0.2, 0.25) is 5.97 Å². The molecule has 1 heterocycles. The van der Waals surface area contributed by atoms with E-state index in [2.05, 4.69) is 54.6 Å². The van der Waals surface area contributed by atoms with Crippen LogP contribution in [-0.2, 0) is 20.1 Å². The second-order valence-electron chi connectivity index (χ2n) is 6.73. The number of hydrogen-bond donors (Lipinski definition) is 1. The monoisotopic (exact) mass is 575 g/mol. The quantitative estimate of drug-likeness (QED) is 0.332. The van der Waals surface area contributed by atoms with Gasteiger partial charge >= 0.3 is 0 Å². The number of hydrogen-bond acceptors (Lipinski definition) is 2. The summed E-state index contributed by atoms with van der Waals surface area (Å²) in [7, 11) is 0. The number of imidazole rings is 1. The Balaban J connectivity index is 0.000000272. The zero-order chi connectivity index (χ0) is 20.8. The van der Waals surface area contributed by atoms with E-state index in [0.717, 1.165) is 11.4 Å². The number of carboxylic acid groups (broad SMARTS) is 1. The molecule has 155 valence electrons.